The molecule has 0 fully saturated rings. The topological polar surface area (TPSA) is 12.0 Å². The van der Waals surface area contributed by atoms with Crippen molar-refractivity contribution in [1.29, 1.82) is 0 Å². The van der Waals surface area contributed by atoms with E-state index in [4.69, 9.17) is 0 Å². The molecule has 0 spiro atoms. The summed E-state index contributed by atoms with van der Waals surface area (Å²) in [6, 6.07) is 6.17. The Bertz CT molecular complexity index is 559. The summed E-state index contributed by atoms with van der Waals surface area (Å²) in [6.07, 6.45) is 5.66. The van der Waals surface area contributed by atoms with E-state index in [2.05, 4.69) is 43.8 Å². The zero-order chi connectivity index (χ0) is 14.4. The molecule has 0 atom stereocenters. The molecule has 0 aliphatic carbocycles. The Kier molecular flexibility index (Phi) is 5.13. The summed E-state index contributed by atoms with van der Waals surface area (Å²) in [5, 5.41) is 3.19. The van der Waals surface area contributed by atoms with Crippen LogP contribution in [0.3, 0.4) is 0 Å². The van der Waals surface area contributed by atoms with Crippen LogP contribution in [-0.4, -0.2) is 7.05 Å². The molecule has 1 heteroatoms. The minimum Gasteiger partial charge on any atom is -0.388 e. The van der Waals surface area contributed by atoms with Crippen LogP contribution in [0.2, 0.25) is 0 Å². The first-order valence-corrected chi connectivity index (χ1v) is 6.17. The van der Waals surface area contributed by atoms with Gasteiger partial charge in [0.1, 0.15) is 0 Å². The van der Waals surface area contributed by atoms with E-state index in [0.29, 0.717) is 0 Å². The maximum absolute atomic E-state index is 3.99. The molecule has 1 aromatic carbocycles. The number of nitrogens with one attached hydrogen (secondary N) is 1. The number of hydrogen-bond acceptors (Lipinski definition) is 1. The van der Waals surface area contributed by atoms with Crippen LogP contribution in [0.25, 0.3) is 17.8 Å². The van der Waals surface area contributed by atoms with Crippen molar-refractivity contribution in [3.05, 3.63) is 78.4 Å². The van der Waals surface area contributed by atoms with Crippen LogP contribution in [0.15, 0.2) is 61.7 Å². The Morgan fingerprint density at radius 1 is 1.11 bits per heavy atom. The summed E-state index contributed by atoms with van der Waals surface area (Å²) in [5.41, 5.74) is 6.11. The lowest BCUT2D eigenvalue weighted by molar-refractivity contribution is 1.12. The predicted octanol–water partition coefficient (Wildman–Crippen LogP) is 4.67. The highest BCUT2D eigenvalue weighted by molar-refractivity contribution is 5.73. The Morgan fingerprint density at radius 2 is 1.74 bits per heavy atom. The van der Waals surface area contributed by atoms with Crippen LogP contribution in [0.5, 0.6) is 0 Å². The SMILES string of the molecule is C=Cc1ccc(/C(=C/C(=C)C(=C)C)NC)cc1C=C. The second-order valence-corrected chi connectivity index (χ2v) is 4.37. The summed E-state index contributed by atoms with van der Waals surface area (Å²) in [5.74, 6) is 0. The Labute approximate surface area is 116 Å². The molecule has 98 valence electrons. The van der Waals surface area contributed by atoms with E-state index in [1.54, 1.807) is 0 Å². The summed E-state index contributed by atoms with van der Waals surface area (Å²) < 4.78 is 0. The zero-order valence-electron chi connectivity index (χ0n) is 11.8. The van der Waals surface area contributed by atoms with Crippen LogP contribution in [0.1, 0.15) is 23.6 Å². The lowest BCUT2D eigenvalue weighted by atomic mass is 10.0. The molecule has 0 aliphatic heterocycles. The van der Waals surface area contributed by atoms with Gasteiger partial charge in [0.05, 0.1) is 0 Å². The number of hydrogen-bond donors (Lipinski definition) is 1. The van der Waals surface area contributed by atoms with Gasteiger partial charge < -0.3 is 5.32 Å². The Morgan fingerprint density at radius 3 is 2.21 bits per heavy atom. The van der Waals surface area contributed by atoms with Gasteiger partial charge in [0.2, 0.25) is 0 Å². The van der Waals surface area contributed by atoms with Gasteiger partial charge in [0, 0.05) is 12.7 Å². The van der Waals surface area contributed by atoms with Crippen LogP contribution in [0.4, 0.5) is 0 Å². The molecule has 0 saturated carbocycles. The highest BCUT2D eigenvalue weighted by Gasteiger charge is 2.03. The van der Waals surface area contributed by atoms with Crippen molar-refractivity contribution in [3.63, 3.8) is 0 Å². The molecule has 0 heterocycles. The first kappa shape index (κ1) is 14.8. The van der Waals surface area contributed by atoms with Crippen LogP contribution < -0.4 is 5.32 Å². The van der Waals surface area contributed by atoms with Crippen LogP contribution in [0, 0.1) is 0 Å². The fraction of sp³-hybridized carbons (Fsp3) is 0.111. The molecule has 0 bridgehead atoms. The highest BCUT2D eigenvalue weighted by Crippen LogP contribution is 2.21. The third-order valence-corrected chi connectivity index (χ3v) is 2.97. The zero-order valence-corrected chi connectivity index (χ0v) is 11.8. The summed E-state index contributed by atoms with van der Waals surface area (Å²) in [4.78, 5) is 0. The molecular formula is C18H21N. The van der Waals surface area contributed by atoms with E-state index >= 15 is 0 Å². The monoisotopic (exact) mass is 251 g/mol. The van der Waals surface area contributed by atoms with E-state index in [-0.39, 0.29) is 0 Å². The average molecular weight is 251 g/mol. The highest BCUT2D eigenvalue weighted by atomic mass is 14.8. The van der Waals surface area contributed by atoms with E-state index in [9.17, 15) is 0 Å². The minimum absolute atomic E-state index is 0.914. The van der Waals surface area contributed by atoms with Crippen molar-refractivity contribution in [3.8, 4) is 0 Å². The summed E-state index contributed by atoms with van der Waals surface area (Å²) in [7, 11) is 1.90. The molecule has 0 saturated heterocycles. The number of rotatable bonds is 6. The molecular weight excluding hydrogens is 230 g/mol. The van der Waals surface area contributed by atoms with E-state index in [1.165, 1.54) is 0 Å². The van der Waals surface area contributed by atoms with Gasteiger partial charge in [-0.2, -0.15) is 0 Å². The van der Waals surface area contributed by atoms with Gasteiger partial charge >= 0.3 is 0 Å². The molecule has 1 N–H and O–H groups in total. The van der Waals surface area contributed by atoms with Gasteiger partial charge in [-0.05, 0) is 41.3 Å². The van der Waals surface area contributed by atoms with Crippen molar-refractivity contribution in [2.45, 2.75) is 6.92 Å². The summed E-state index contributed by atoms with van der Waals surface area (Å²) >= 11 is 0. The van der Waals surface area contributed by atoms with E-state index < -0.39 is 0 Å². The molecule has 0 aliphatic rings. The van der Waals surface area contributed by atoms with Crippen molar-refractivity contribution < 1.29 is 0 Å². The van der Waals surface area contributed by atoms with Crippen molar-refractivity contribution in [2.75, 3.05) is 7.05 Å². The van der Waals surface area contributed by atoms with Crippen LogP contribution in [-0.2, 0) is 0 Å². The standard InChI is InChI=1S/C18H21N/c1-7-15-9-10-17(12-16(15)8-2)18(19-6)11-14(5)13(3)4/h7-12,19H,1-3,5H2,4,6H3/b18-11-. The third-order valence-electron chi connectivity index (χ3n) is 2.97. The third kappa shape index (κ3) is 3.59. The maximum atomic E-state index is 3.99. The van der Waals surface area contributed by atoms with Gasteiger partial charge in [-0.25, -0.2) is 0 Å². The molecule has 0 aromatic heterocycles. The van der Waals surface area contributed by atoms with Crippen molar-refractivity contribution in [2.24, 2.45) is 0 Å². The summed E-state index contributed by atoms with van der Waals surface area (Å²) in [6.45, 7) is 17.5. The lowest BCUT2D eigenvalue weighted by Gasteiger charge is -2.11. The van der Waals surface area contributed by atoms with Gasteiger partial charge in [-0.3, -0.25) is 0 Å². The number of benzene rings is 1. The molecule has 0 amide bonds. The van der Waals surface area contributed by atoms with Gasteiger partial charge in [-0.1, -0.05) is 56.2 Å². The number of allylic oxidation sites excluding steroid dienone is 3. The molecule has 1 rings (SSSR count). The molecule has 1 nitrogen and oxygen atoms in total. The first-order chi connectivity index (χ1) is 9.03. The second kappa shape index (κ2) is 6.60. The Hall–Kier alpha value is -2.28. The fourth-order valence-corrected chi connectivity index (χ4v) is 1.70. The fourth-order valence-electron chi connectivity index (χ4n) is 1.70. The predicted molar refractivity (Wildman–Crippen MR) is 87.6 cm³/mol. The Balaban J connectivity index is 3.26. The van der Waals surface area contributed by atoms with Crippen molar-refractivity contribution >= 4 is 17.8 Å². The first-order valence-electron chi connectivity index (χ1n) is 6.17. The second-order valence-electron chi connectivity index (χ2n) is 4.37. The molecule has 0 radical (unpaired) electrons. The van der Waals surface area contributed by atoms with Crippen LogP contribution >= 0.6 is 0 Å². The largest absolute Gasteiger partial charge is 0.388 e. The minimum atomic E-state index is 0.914. The van der Waals surface area contributed by atoms with Crippen molar-refractivity contribution in [1.82, 2.24) is 5.32 Å². The quantitative estimate of drug-likeness (QED) is 0.725. The molecule has 1 aromatic rings. The van der Waals surface area contributed by atoms with E-state index in [0.717, 1.165) is 33.5 Å². The maximum Gasteiger partial charge on any atom is 0.0417 e. The average Bonchev–Trinajstić information content (AvgIpc) is 2.43. The van der Waals surface area contributed by atoms with Gasteiger partial charge in [-0.15, -0.1) is 0 Å². The van der Waals surface area contributed by atoms with Gasteiger partial charge in [0.15, 0.2) is 0 Å². The lowest BCUT2D eigenvalue weighted by Crippen LogP contribution is -2.05. The van der Waals surface area contributed by atoms with Gasteiger partial charge in [0.25, 0.3) is 0 Å². The molecule has 0 unspecified atom stereocenters. The smallest absolute Gasteiger partial charge is 0.0417 e. The normalized spacial score (nSPS) is 10.7. The molecule has 19 heavy (non-hydrogen) atoms. The van der Waals surface area contributed by atoms with E-state index in [1.807, 2.05) is 38.3 Å².